The molecule has 2 atom stereocenters. The Labute approximate surface area is 149 Å². The van der Waals surface area contributed by atoms with Crippen molar-refractivity contribution in [3.8, 4) is 0 Å². The molecular formula is C18H27NO5S. The van der Waals surface area contributed by atoms with Crippen molar-refractivity contribution in [3.63, 3.8) is 0 Å². The van der Waals surface area contributed by atoms with Gasteiger partial charge in [-0.3, -0.25) is 4.79 Å². The Balaban J connectivity index is 1.86. The molecular weight excluding hydrogens is 342 g/mol. The molecule has 3 rings (SSSR count). The van der Waals surface area contributed by atoms with Gasteiger partial charge in [0.2, 0.25) is 10.0 Å². The number of methoxy groups -OCH3 is 1. The second-order valence-corrected chi connectivity index (χ2v) is 9.85. The molecule has 0 radical (unpaired) electrons. The van der Waals surface area contributed by atoms with Crippen LogP contribution in [0.15, 0.2) is 23.0 Å². The fraction of sp³-hybridized carbons (Fsp3) is 0.722. The van der Waals surface area contributed by atoms with Crippen molar-refractivity contribution in [2.24, 2.45) is 16.7 Å². The number of ether oxygens (including phenoxy) is 1. The Kier molecular flexibility index (Phi) is 4.85. The first-order chi connectivity index (χ1) is 11.7. The molecule has 2 aliphatic carbocycles. The highest BCUT2D eigenvalue weighted by atomic mass is 32.2. The Bertz CT molecular complexity index is 725. The van der Waals surface area contributed by atoms with Crippen molar-refractivity contribution in [3.05, 3.63) is 24.2 Å². The van der Waals surface area contributed by atoms with Crippen LogP contribution < -0.4 is 0 Å². The Morgan fingerprint density at radius 3 is 2.68 bits per heavy atom. The molecule has 1 aromatic heterocycles. The van der Waals surface area contributed by atoms with Gasteiger partial charge in [-0.2, -0.15) is 4.31 Å². The molecule has 0 saturated heterocycles. The van der Waals surface area contributed by atoms with Crippen LogP contribution in [-0.4, -0.2) is 44.5 Å². The van der Waals surface area contributed by atoms with Gasteiger partial charge in [0.05, 0.1) is 24.9 Å². The highest BCUT2D eigenvalue weighted by Crippen LogP contribution is 2.64. The van der Waals surface area contributed by atoms with Gasteiger partial charge in [-0.25, -0.2) is 8.42 Å². The van der Waals surface area contributed by atoms with Crippen LogP contribution in [-0.2, 0) is 26.1 Å². The van der Waals surface area contributed by atoms with Gasteiger partial charge in [-0.05, 0) is 30.2 Å². The van der Waals surface area contributed by atoms with E-state index in [9.17, 15) is 13.2 Å². The second kappa shape index (κ2) is 6.52. The van der Waals surface area contributed by atoms with Gasteiger partial charge in [0.1, 0.15) is 5.78 Å². The number of rotatable bonds is 8. The summed E-state index contributed by atoms with van der Waals surface area (Å²) >= 11 is 0. The Morgan fingerprint density at radius 2 is 2.16 bits per heavy atom. The first-order valence-corrected chi connectivity index (χ1v) is 10.3. The SMILES string of the molecule is COCCN(Cc1ccoc1)S(=O)(=O)CC12CCC(CC1=O)C2(C)C. The number of ketones is 1. The average Bonchev–Trinajstić information content (AvgIpc) is 3.17. The van der Waals surface area contributed by atoms with Crippen molar-refractivity contribution in [2.45, 2.75) is 39.7 Å². The lowest BCUT2D eigenvalue weighted by Gasteiger charge is -2.37. The molecule has 1 aromatic rings. The molecule has 7 heteroatoms. The van der Waals surface area contributed by atoms with E-state index in [1.807, 2.05) is 0 Å². The monoisotopic (exact) mass is 369 g/mol. The number of carbonyl (C=O) groups is 1. The molecule has 2 fully saturated rings. The zero-order valence-electron chi connectivity index (χ0n) is 15.2. The molecule has 2 saturated carbocycles. The maximum absolute atomic E-state index is 13.2. The highest BCUT2D eigenvalue weighted by Gasteiger charge is 2.65. The molecule has 0 N–H and O–H groups in total. The summed E-state index contributed by atoms with van der Waals surface area (Å²) in [6.07, 6.45) is 5.20. The van der Waals surface area contributed by atoms with Gasteiger partial charge in [0.15, 0.2) is 0 Å². The quantitative estimate of drug-likeness (QED) is 0.703. The zero-order chi connectivity index (χ0) is 18.3. The van der Waals surface area contributed by atoms with Crippen LogP contribution in [0.2, 0.25) is 0 Å². The van der Waals surface area contributed by atoms with Gasteiger partial charge < -0.3 is 9.15 Å². The number of carbonyl (C=O) groups excluding carboxylic acids is 1. The summed E-state index contributed by atoms with van der Waals surface area (Å²) in [6.45, 7) is 4.92. The number of furan rings is 1. The van der Waals surface area contributed by atoms with Crippen molar-refractivity contribution in [1.82, 2.24) is 4.31 Å². The number of Topliss-reactive ketones (excluding diaryl/α,β-unsaturated/α-hetero) is 1. The Hall–Kier alpha value is -1.18. The summed E-state index contributed by atoms with van der Waals surface area (Å²) in [5, 5.41) is 0. The highest BCUT2D eigenvalue weighted by molar-refractivity contribution is 7.89. The largest absolute Gasteiger partial charge is 0.472 e. The zero-order valence-corrected chi connectivity index (χ0v) is 16.0. The molecule has 0 aliphatic heterocycles. The fourth-order valence-electron chi connectivity index (χ4n) is 4.61. The van der Waals surface area contributed by atoms with Crippen LogP contribution in [0.4, 0.5) is 0 Å². The number of hydrogen-bond donors (Lipinski definition) is 0. The minimum Gasteiger partial charge on any atom is -0.472 e. The molecule has 1 heterocycles. The van der Waals surface area contributed by atoms with Crippen molar-refractivity contribution >= 4 is 15.8 Å². The van der Waals surface area contributed by atoms with E-state index in [4.69, 9.17) is 9.15 Å². The molecule has 25 heavy (non-hydrogen) atoms. The number of sulfonamides is 1. The smallest absolute Gasteiger partial charge is 0.215 e. The Morgan fingerprint density at radius 1 is 1.40 bits per heavy atom. The first kappa shape index (κ1) is 18.6. The van der Waals surface area contributed by atoms with E-state index in [0.29, 0.717) is 25.4 Å². The molecule has 2 aliphatic rings. The molecule has 6 nitrogen and oxygen atoms in total. The molecule has 140 valence electrons. The van der Waals surface area contributed by atoms with Crippen LogP contribution in [0, 0.1) is 16.7 Å². The lowest BCUT2D eigenvalue weighted by Crippen LogP contribution is -2.47. The maximum Gasteiger partial charge on any atom is 0.215 e. The van der Waals surface area contributed by atoms with Gasteiger partial charge in [0.25, 0.3) is 0 Å². The third-order valence-corrected chi connectivity index (χ3v) is 8.40. The fourth-order valence-corrected chi connectivity index (χ4v) is 6.79. The van der Waals surface area contributed by atoms with E-state index in [2.05, 4.69) is 13.8 Å². The van der Waals surface area contributed by atoms with Crippen LogP contribution in [0.25, 0.3) is 0 Å². The third-order valence-electron chi connectivity index (χ3n) is 6.45. The van der Waals surface area contributed by atoms with Gasteiger partial charge in [-0.1, -0.05) is 13.8 Å². The summed E-state index contributed by atoms with van der Waals surface area (Å²) in [5.74, 6) is 0.313. The lowest BCUT2D eigenvalue weighted by molar-refractivity contribution is -0.128. The van der Waals surface area contributed by atoms with Gasteiger partial charge in [-0.15, -0.1) is 0 Å². The van der Waals surface area contributed by atoms with Crippen LogP contribution >= 0.6 is 0 Å². The van der Waals surface area contributed by atoms with E-state index in [1.54, 1.807) is 19.4 Å². The van der Waals surface area contributed by atoms with Crippen molar-refractivity contribution < 1.29 is 22.4 Å². The minimum atomic E-state index is -3.61. The van der Waals surface area contributed by atoms with E-state index in [0.717, 1.165) is 12.0 Å². The van der Waals surface area contributed by atoms with E-state index >= 15 is 0 Å². The number of nitrogens with zero attached hydrogens (tertiary/aromatic N) is 1. The van der Waals surface area contributed by atoms with Crippen LogP contribution in [0.3, 0.4) is 0 Å². The molecule has 0 spiro atoms. The number of fused-ring (bicyclic) bond motifs is 2. The summed E-state index contributed by atoms with van der Waals surface area (Å²) in [7, 11) is -2.06. The maximum atomic E-state index is 13.2. The van der Waals surface area contributed by atoms with Gasteiger partial charge >= 0.3 is 0 Å². The summed E-state index contributed by atoms with van der Waals surface area (Å²) in [4.78, 5) is 12.7. The standard InChI is InChI=1S/C18H27NO5S/c1-17(2)15-4-6-18(17,16(20)10-15)13-25(21,22)19(7-9-23-3)11-14-5-8-24-12-14/h5,8,12,15H,4,6-7,9-11,13H2,1-3H3. The van der Waals surface area contributed by atoms with E-state index in [1.165, 1.54) is 10.6 Å². The summed E-state index contributed by atoms with van der Waals surface area (Å²) in [6, 6.07) is 1.75. The lowest BCUT2D eigenvalue weighted by atomic mass is 9.70. The second-order valence-electron chi connectivity index (χ2n) is 7.88. The third kappa shape index (κ3) is 3.06. The summed E-state index contributed by atoms with van der Waals surface area (Å²) in [5.41, 5.74) is -0.226. The normalized spacial score (nSPS) is 28.2. The first-order valence-electron chi connectivity index (χ1n) is 8.74. The predicted molar refractivity (Wildman–Crippen MR) is 93.3 cm³/mol. The molecule has 2 unspecified atom stereocenters. The minimum absolute atomic E-state index is 0.107. The van der Waals surface area contributed by atoms with Crippen LogP contribution in [0.5, 0.6) is 0 Å². The van der Waals surface area contributed by atoms with E-state index < -0.39 is 15.4 Å². The molecule has 0 amide bonds. The van der Waals surface area contributed by atoms with Crippen LogP contribution in [0.1, 0.15) is 38.7 Å². The topological polar surface area (TPSA) is 76.8 Å². The summed E-state index contributed by atoms with van der Waals surface area (Å²) < 4.78 is 38.0. The van der Waals surface area contributed by atoms with Crippen molar-refractivity contribution in [1.29, 1.82) is 0 Å². The predicted octanol–water partition coefficient (Wildman–Crippen LogP) is 2.45. The average molecular weight is 369 g/mol. The number of hydrogen-bond acceptors (Lipinski definition) is 5. The molecule has 0 aromatic carbocycles. The molecule has 2 bridgehead atoms. The van der Waals surface area contributed by atoms with E-state index in [-0.39, 0.29) is 30.0 Å². The van der Waals surface area contributed by atoms with Gasteiger partial charge in [0, 0.05) is 37.6 Å². The van der Waals surface area contributed by atoms with Crippen molar-refractivity contribution in [2.75, 3.05) is 26.0 Å².